The van der Waals surface area contributed by atoms with Gasteiger partial charge in [-0.1, -0.05) is 12.1 Å². The lowest BCUT2D eigenvalue weighted by Crippen LogP contribution is -2.33. The average molecular weight is 223 g/mol. The summed E-state index contributed by atoms with van der Waals surface area (Å²) in [7, 11) is 0. The van der Waals surface area contributed by atoms with Gasteiger partial charge in [0.25, 0.3) is 0 Å². The molecule has 4 heteroatoms. The highest BCUT2D eigenvalue weighted by atomic mass is 16.5. The first-order chi connectivity index (χ1) is 7.63. The monoisotopic (exact) mass is 223 g/mol. The first-order valence-corrected chi connectivity index (χ1v) is 5.31. The molecule has 1 rings (SSSR count). The van der Waals surface area contributed by atoms with Crippen molar-refractivity contribution in [3.63, 3.8) is 0 Å². The Bertz CT molecular complexity index is 335. The molecular weight excluding hydrogens is 206 g/mol. The molecule has 0 radical (unpaired) electrons. The van der Waals surface area contributed by atoms with Crippen LogP contribution in [0.4, 0.5) is 0 Å². The number of carboxylic acid groups (broad SMARTS) is 1. The number of nitrogens with one attached hydrogen (secondary N) is 1. The summed E-state index contributed by atoms with van der Waals surface area (Å²) in [6.07, 6.45) is 0. The van der Waals surface area contributed by atoms with E-state index in [0.29, 0.717) is 13.2 Å². The minimum Gasteiger partial charge on any atom is -0.494 e. The van der Waals surface area contributed by atoms with Crippen molar-refractivity contribution in [2.45, 2.75) is 26.4 Å². The Morgan fingerprint density at radius 3 is 2.56 bits per heavy atom. The van der Waals surface area contributed by atoms with Crippen LogP contribution in [0.2, 0.25) is 0 Å². The maximum atomic E-state index is 10.6. The fourth-order valence-corrected chi connectivity index (χ4v) is 1.23. The summed E-state index contributed by atoms with van der Waals surface area (Å²) in [6.45, 7) is 4.74. The third-order valence-corrected chi connectivity index (χ3v) is 2.22. The normalized spacial score (nSPS) is 12.1. The zero-order valence-corrected chi connectivity index (χ0v) is 9.56. The lowest BCUT2D eigenvalue weighted by molar-refractivity contribution is -0.139. The number of carbonyl (C=O) groups is 1. The van der Waals surface area contributed by atoms with Crippen LogP contribution in [0.1, 0.15) is 19.4 Å². The van der Waals surface area contributed by atoms with Gasteiger partial charge < -0.3 is 15.2 Å². The van der Waals surface area contributed by atoms with Gasteiger partial charge >= 0.3 is 5.97 Å². The van der Waals surface area contributed by atoms with Crippen molar-refractivity contribution in [3.8, 4) is 5.75 Å². The minimum atomic E-state index is -0.842. The first-order valence-electron chi connectivity index (χ1n) is 5.31. The molecule has 0 saturated carbocycles. The van der Waals surface area contributed by atoms with E-state index in [1.807, 2.05) is 31.2 Å². The van der Waals surface area contributed by atoms with Crippen LogP contribution in [-0.4, -0.2) is 23.7 Å². The molecular formula is C12H17NO3. The van der Waals surface area contributed by atoms with Crippen LogP contribution < -0.4 is 10.1 Å². The van der Waals surface area contributed by atoms with Crippen molar-refractivity contribution in [2.75, 3.05) is 6.61 Å². The van der Waals surface area contributed by atoms with Crippen LogP contribution >= 0.6 is 0 Å². The van der Waals surface area contributed by atoms with E-state index in [1.165, 1.54) is 0 Å². The van der Waals surface area contributed by atoms with Crippen molar-refractivity contribution < 1.29 is 14.6 Å². The molecule has 0 aliphatic rings. The van der Waals surface area contributed by atoms with E-state index in [9.17, 15) is 4.79 Å². The summed E-state index contributed by atoms with van der Waals surface area (Å²) < 4.78 is 5.31. The molecule has 88 valence electrons. The Labute approximate surface area is 95.2 Å². The zero-order chi connectivity index (χ0) is 12.0. The molecule has 4 nitrogen and oxygen atoms in total. The van der Waals surface area contributed by atoms with Crippen LogP contribution in [0.3, 0.4) is 0 Å². The summed E-state index contributed by atoms with van der Waals surface area (Å²) in [5.74, 6) is -0.0107. The van der Waals surface area contributed by atoms with Crippen LogP contribution in [0.25, 0.3) is 0 Å². The van der Waals surface area contributed by atoms with Gasteiger partial charge in [-0.3, -0.25) is 4.79 Å². The number of aliphatic carboxylic acids is 1. The van der Waals surface area contributed by atoms with Gasteiger partial charge in [-0.05, 0) is 31.5 Å². The lowest BCUT2D eigenvalue weighted by atomic mass is 10.2. The predicted molar refractivity (Wildman–Crippen MR) is 61.5 cm³/mol. The van der Waals surface area contributed by atoms with E-state index in [-0.39, 0.29) is 0 Å². The molecule has 0 heterocycles. The van der Waals surface area contributed by atoms with Gasteiger partial charge in [-0.25, -0.2) is 0 Å². The smallest absolute Gasteiger partial charge is 0.320 e. The SMILES string of the molecule is CCOc1ccc(CNC(C)C(=O)O)cc1. The molecule has 1 aromatic carbocycles. The van der Waals surface area contributed by atoms with Gasteiger partial charge in [-0.15, -0.1) is 0 Å². The summed E-state index contributed by atoms with van der Waals surface area (Å²) >= 11 is 0. The largest absolute Gasteiger partial charge is 0.494 e. The predicted octanol–water partition coefficient (Wildman–Crippen LogP) is 1.65. The summed E-state index contributed by atoms with van der Waals surface area (Å²) in [5, 5.41) is 11.6. The maximum Gasteiger partial charge on any atom is 0.320 e. The van der Waals surface area contributed by atoms with Gasteiger partial charge in [0.1, 0.15) is 11.8 Å². The highest BCUT2D eigenvalue weighted by Gasteiger charge is 2.08. The molecule has 1 unspecified atom stereocenters. The Morgan fingerprint density at radius 2 is 2.06 bits per heavy atom. The minimum absolute atomic E-state index is 0.536. The Balaban J connectivity index is 2.46. The van der Waals surface area contributed by atoms with E-state index >= 15 is 0 Å². The van der Waals surface area contributed by atoms with Crippen LogP contribution in [0, 0.1) is 0 Å². The van der Waals surface area contributed by atoms with E-state index in [1.54, 1.807) is 6.92 Å². The summed E-state index contributed by atoms with van der Waals surface area (Å²) in [6, 6.07) is 7.07. The molecule has 16 heavy (non-hydrogen) atoms. The topological polar surface area (TPSA) is 58.6 Å². The van der Waals surface area contributed by atoms with Gasteiger partial charge in [-0.2, -0.15) is 0 Å². The molecule has 2 N–H and O–H groups in total. The van der Waals surface area contributed by atoms with Gasteiger partial charge in [0.05, 0.1) is 6.61 Å². The molecule has 0 saturated heterocycles. The number of ether oxygens (including phenoxy) is 1. The van der Waals surface area contributed by atoms with E-state index in [4.69, 9.17) is 9.84 Å². The summed E-state index contributed by atoms with van der Waals surface area (Å²) in [5.41, 5.74) is 1.04. The number of rotatable bonds is 6. The number of benzene rings is 1. The van der Waals surface area contributed by atoms with Gasteiger partial charge in [0.15, 0.2) is 0 Å². The fraction of sp³-hybridized carbons (Fsp3) is 0.417. The molecule has 0 amide bonds. The standard InChI is InChI=1S/C12H17NO3/c1-3-16-11-6-4-10(5-7-11)8-13-9(2)12(14)15/h4-7,9,13H,3,8H2,1-2H3,(H,14,15). The zero-order valence-electron chi connectivity index (χ0n) is 9.56. The highest BCUT2D eigenvalue weighted by Crippen LogP contribution is 2.11. The van der Waals surface area contributed by atoms with Gasteiger partial charge in [0, 0.05) is 6.54 Å². The average Bonchev–Trinajstić information content (AvgIpc) is 2.28. The number of hydrogen-bond donors (Lipinski definition) is 2. The molecule has 1 aromatic rings. The second-order valence-electron chi connectivity index (χ2n) is 3.52. The molecule has 0 aliphatic carbocycles. The van der Waals surface area contributed by atoms with E-state index in [0.717, 1.165) is 11.3 Å². The summed E-state index contributed by atoms with van der Waals surface area (Å²) in [4.78, 5) is 10.6. The van der Waals surface area contributed by atoms with Crippen molar-refractivity contribution >= 4 is 5.97 Å². The van der Waals surface area contributed by atoms with Crippen molar-refractivity contribution in [1.82, 2.24) is 5.32 Å². The Morgan fingerprint density at radius 1 is 1.44 bits per heavy atom. The van der Waals surface area contributed by atoms with Crippen LogP contribution in [-0.2, 0) is 11.3 Å². The molecule has 0 spiro atoms. The van der Waals surface area contributed by atoms with Crippen molar-refractivity contribution in [2.24, 2.45) is 0 Å². The second kappa shape index (κ2) is 6.12. The van der Waals surface area contributed by atoms with E-state index < -0.39 is 12.0 Å². The fourth-order valence-electron chi connectivity index (χ4n) is 1.23. The quantitative estimate of drug-likeness (QED) is 0.769. The highest BCUT2D eigenvalue weighted by molar-refractivity contribution is 5.72. The first kappa shape index (κ1) is 12.5. The number of hydrogen-bond acceptors (Lipinski definition) is 3. The Hall–Kier alpha value is -1.55. The Kier molecular flexibility index (Phi) is 4.79. The molecule has 0 bridgehead atoms. The van der Waals surface area contributed by atoms with Crippen molar-refractivity contribution in [3.05, 3.63) is 29.8 Å². The van der Waals surface area contributed by atoms with Crippen molar-refractivity contribution in [1.29, 1.82) is 0 Å². The molecule has 0 aromatic heterocycles. The maximum absolute atomic E-state index is 10.6. The third kappa shape index (κ3) is 3.90. The van der Waals surface area contributed by atoms with Crippen LogP contribution in [0.15, 0.2) is 24.3 Å². The third-order valence-electron chi connectivity index (χ3n) is 2.22. The molecule has 1 atom stereocenters. The molecule has 0 aliphatic heterocycles. The van der Waals surface area contributed by atoms with Gasteiger partial charge in [0.2, 0.25) is 0 Å². The number of carboxylic acids is 1. The van der Waals surface area contributed by atoms with Crippen LogP contribution in [0.5, 0.6) is 5.75 Å². The molecule has 0 fully saturated rings. The second-order valence-corrected chi connectivity index (χ2v) is 3.52. The van der Waals surface area contributed by atoms with E-state index in [2.05, 4.69) is 5.32 Å². The lowest BCUT2D eigenvalue weighted by Gasteiger charge is -2.09.